The Morgan fingerprint density at radius 2 is 1.32 bits per heavy atom. The van der Waals surface area contributed by atoms with Crippen molar-refractivity contribution in [2.75, 3.05) is 18.5 Å². The second-order valence-electron chi connectivity index (χ2n) is 13.1. The van der Waals surface area contributed by atoms with Crippen LogP contribution in [-0.2, 0) is 21.6 Å². The predicted octanol–water partition coefficient (Wildman–Crippen LogP) is 7.97. The molecule has 0 aliphatic rings. The third-order valence-electron chi connectivity index (χ3n) is 9.56. The maximum Gasteiger partial charge on any atom is 0.324 e. The molecule has 12 heteroatoms. The van der Waals surface area contributed by atoms with Crippen LogP contribution in [0.1, 0.15) is 29.2 Å². The molecule has 57 heavy (non-hydrogen) atoms. The molecule has 7 rings (SSSR count). The minimum Gasteiger partial charge on any atom is -0.465 e. The molecule has 0 aliphatic carbocycles. The van der Waals surface area contributed by atoms with E-state index in [1.807, 2.05) is 108 Å². The first-order valence-electron chi connectivity index (χ1n) is 18.4. The molecule has 1 aromatic heterocycles. The van der Waals surface area contributed by atoms with Crippen LogP contribution in [0.4, 0.5) is 19.3 Å². The highest BCUT2D eigenvalue weighted by Gasteiger charge is 2.42. The number of anilines is 1. The van der Waals surface area contributed by atoms with E-state index >= 15 is 0 Å². The van der Waals surface area contributed by atoms with Crippen molar-refractivity contribution in [1.29, 1.82) is 0 Å². The Kier molecular flexibility index (Phi) is 11.8. The Balaban J connectivity index is 1.15. The SMILES string of the molecule is CCOC(=O)C(CNC(=O)Nc1ccc(F)cc1F)NCc1ccc(-c2ccccc2-c2nnnn2C(c2ccccc2)(c2ccccc2)c2ccccc2)cc1. The highest BCUT2D eigenvalue weighted by Crippen LogP contribution is 2.43. The molecule has 0 bridgehead atoms. The zero-order valence-electron chi connectivity index (χ0n) is 31.0. The molecule has 0 radical (unpaired) electrons. The number of hydrogen-bond donors (Lipinski definition) is 3. The van der Waals surface area contributed by atoms with E-state index in [1.54, 1.807) is 6.92 Å². The van der Waals surface area contributed by atoms with E-state index in [0.29, 0.717) is 11.9 Å². The zero-order chi connectivity index (χ0) is 39.6. The van der Waals surface area contributed by atoms with Crippen LogP contribution in [0.15, 0.2) is 158 Å². The lowest BCUT2D eigenvalue weighted by Gasteiger charge is -2.36. The van der Waals surface area contributed by atoms with Gasteiger partial charge in [-0.2, -0.15) is 0 Å². The molecule has 286 valence electrons. The van der Waals surface area contributed by atoms with Crippen molar-refractivity contribution < 1.29 is 23.1 Å². The molecule has 0 spiro atoms. The van der Waals surface area contributed by atoms with Gasteiger partial charge in [0.2, 0.25) is 0 Å². The van der Waals surface area contributed by atoms with Crippen molar-refractivity contribution in [3.63, 3.8) is 0 Å². The van der Waals surface area contributed by atoms with Gasteiger partial charge in [-0.05, 0) is 62.9 Å². The summed E-state index contributed by atoms with van der Waals surface area (Å²) in [5.74, 6) is -1.68. The molecule has 3 N–H and O–H groups in total. The maximum absolute atomic E-state index is 14.1. The number of rotatable bonds is 14. The van der Waals surface area contributed by atoms with Gasteiger partial charge in [0.15, 0.2) is 5.82 Å². The molecule has 0 aliphatic heterocycles. The number of hydrogen-bond acceptors (Lipinski definition) is 7. The largest absolute Gasteiger partial charge is 0.465 e. The number of halogens is 2. The second-order valence-corrected chi connectivity index (χ2v) is 13.1. The van der Waals surface area contributed by atoms with E-state index in [0.717, 1.165) is 51.1 Å². The molecular formula is C45H39F2N7O3. The Bertz CT molecular complexity index is 2330. The molecule has 0 saturated heterocycles. The number of nitrogens with zero attached hydrogens (tertiary/aromatic N) is 4. The number of carbonyl (C=O) groups excluding carboxylic acids is 2. The van der Waals surface area contributed by atoms with E-state index in [9.17, 15) is 18.4 Å². The van der Waals surface area contributed by atoms with Crippen LogP contribution in [0.5, 0.6) is 0 Å². The molecule has 10 nitrogen and oxygen atoms in total. The summed E-state index contributed by atoms with van der Waals surface area (Å²) in [5.41, 5.74) is 5.37. The summed E-state index contributed by atoms with van der Waals surface area (Å²) >= 11 is 0. The Morgan fingerprint density at radius 1 is 0.737 bits per heavy atom. The fourth-order valence-corrected chi connectivity index (χ4v) is 6.89. The van der Waals surface area contributed by atoms with Crippen LogP contribution >= 0.6 is 0 Å². The van der Waals surface area contributed by atoms with Crippen LogP contribution in [0.3, 0.4) is 0 Å². The van der Waals surface area contributed by atoms with Crippen molar-refractivity contribution >= 4 is 17.7 Å². The lowest BCUT2D eigenvalue weighted by Crippen LogP contribution is -2.47. The third kappa shape index (κ3) is 8.31. The Labute approximate surface area is 328 Å². The maximum atomic E-state index is 14.1. The number of esters is 1. The summed E-state index contributed by atoms with van der Waals surface area (Å²) in [4.78, 5) is 25.3. The lowest BCUT2D eigenvalue weighted by molar-refractivity contribution is -0.145. The van der Waals surface area contributed by atoms with E-state index in [2.05, 4.69) is 62.7 Å². The van der Waals surface area contributed by atoms with Gasteiger partial charge in [0.05, 0.1) is 12.3 Å². The lowest BCUT2D eigenvalue weighted by atomic mass is 9.77. The number of benzene rings is 6. The van der Waals surface area contributed by atoms with E-state index in [4.69, 9.17) is 9.95 Å². The molecular weight excluding hydrogens is 725 g/mol. The average molecular weight is 764 g/mol. The average Bonchev–Trinajstić information content (AvgIpc) is 3.74. The van der Waals surface area contributed by atoms with E-state index in [1.165, 1.54) is 0 Å². The van der Waals surface area contributed by atoms with Gasteiger partial charge in [-0.15, -0.1) is 5.10 Å². The summed E-state index contributed by atoms with van der Waals surface area (Å²) < 4.78 is 34.5. The molecule has 7 aromatic rings. The van der Waals surface area contributed by atoms with Crippen molar-refractivity contribution in [1.82, 2.24) is 30.8 Å². The molecule has 2 amide bonds. The fraction of sp³-hybridized carbons (Fsp3) is 0.133. The number of tetrazole rings is 1. The van der Waals surface area contributed by atoms with Crippen LogP contribution in [-0.4, -0.2) is 51.4 Å². The van der Waals surface area contributed by atoms with Gasteiger partial charge in [0.25, 0.3) is 0 Å². The Hall–Kier alpha value is -7.05. The topological polar surface area (TPSA) is 123 Å². The molecule has 6 aromatic carbocycles. The fourth-order valence-electron chi connectivity index (χ4n) is 6.89. The van der Waals surface area contributed by atoms with Gasteiger partial charge >= 0.3 is 12.0 Å². The van der Waals surface area contributed by atoms with Crippen molar-refractivity contribution in [3.8, 4) is 22.5 Å². The van der Waals surface area contributed by atoms with E-state index in [-0.39, 0.29) is 25.4 Å². The summed E-state index contributed by atoms with van der Waals surface area (Å²) in [6.45, 7) is 1.95. The van der Waals surface area contributed by atoms with Gasteiger partial charge < -0.3 is 15.4 Å². The van der Waals surface area contributed by atoms with Gasteiger partial charge in [0.1, 0.15) is 23.2 Å². The number of urea groups is 1. The molecule has 1 atom stereocenters. The minimum atomic E-state index is -0.923. The third-order valence-corrected chi connectivity index (χ3v) is 9.56. The first-order valence-corrected chi connectivity index (χ1v) is 18.4. The van der Waals surface area contributed by atoms with Crippen LogP contribution < -0.4 is 16.0 Å². The normalized spacial score (nSPS) is 11.8. The van der Waals surface area contributed by atoms with Gasteiger partial charge in [-0.3, -0.25) is 10.1 Å². The molecule has 0 fully saturated rings. The quantitative estimate of drug-likeness (QED) is 0.0759. The van der Waals surface area contributed by atoms with Crippen LogP contribution in [0.2, 0.25) is 0 Å². The summed E-state index contributed by atoms with van der Waals surface area (Å²) in [7, 11) is 0. The van der Waals surface area contributed by atoms with Crippen molar-refractivity contribution in [3.05, 3.63) is 192 Å². The number of carbonyl (C=O) groups is 2. The van der Waals surface area contributed by atoms with Crippen LogP contribution in [0.25, 0.3) is 22.5 Å². The van der Waals surface area contributed by atoms with Crippen molar-refractivity contribution in [2.24, 2.45) is 0 Å². The zero-order valence-corrected chi connectivity index (χ0v) is 31.0. The van der Waals surface area contributed by atoms with Crippen LogP contribution in [0, 0.1) is 11.6 Å². The highest BCUT2D eigenvalue weighted by molar-refractivity contribution is 5.90. The summed E-state index contributed by atoms with van der Waals surface area (Å²) in [5, 5.41) is 21.7. The van der Waals surface area contributed by atoms with Gasteiger partial charge in [-0.1, -0.05) is 140 Å². The first kappa shape index (κ1) is 38.2. The molecule has 1 unspecified atom stereocenters. The minimum absolute atomic E-state index is 0.143. The Morgan fingerprint density at radius 3 is 1.89 bits per heavy atom. The van der Waals surface area contributed by atoms with E-state index < -0.39 is 35.2 Å². The predicted molar refractivity (Wildman–Crippen MR) is 214 cm³/mol. The first-order chi connectivity index (χ1) is 27.9. The molecule has 1 heterocycles. The molecule has 0 saturated carbocycles. The highest BCUT2D eigenvalue weighted by atomic mass is 19.1. The number of nitrogens with one attached hydrogen (secondary N) is 3. The monoisotopic (exact) mass is 763 g/mol. The smallest absolute Gasteiger partial charge is 0.324 e. The van der Waals surface area contributed by atoms with Gasteiger partial charge in [-0.25, -0.2) is 18.3 Å². The number of ether oxygens (including phenoxy) is 1. The summed E-state index contributed by atoms with van der Waals surface area (Å²) in [6.07, 6.45) is 0. The number of aromatic nitrogens is 4. The second kappa shape index (κ2) is 17.6. The van der Waals surface area contributed by atoms with Gasteiger partial charge in [0, 0.05) is 24.7 Å². The standard InChI is InChI=1S/C45H39F2N7O3/c1-2-57-43(55)41(30-49-44(56)50-40-27-26-36(46)28-39(40)47)48-29-31-22-24-32(25-23-31)37-20-12-13-21-38(37)42-51-52-53-54(42)45(33-14-6-3-7-15-33,34-16-8-4-9-17-34)35-18-10-5-11-19-35/h3-28,41,48H,2,29-30H2,1H3,(H2,49,50,56). The number of amides is 2. The van der Waals surface area contributed by atoms with Crippen molar-refractivity contribution in [2.45, 2.75) is 25.0 Å². The summed E-state index contributed by atoms with van der Waals surface area (Å²) in [6, 6.07) is 47.6.